The number of nitriles is 1. The minimum absolute atomic E-state index is 0.174. The van der Waals surface area contributed by atoms with E-state index in [1.165, 1.54) is 23.1 Å². The third-order valence-electron chi connectivity index (χ3n) is 2.23. The lowest BCUT2D eigenvalue weighted by Gasteiger charge is -2.03. The maximum atomic E-state index is 11.7. The molecular formula is C13H10N2O2S2. The number of hydrogen-bond acceptors (Lipinski definition) is 5. The Hall–Kier alpha value is -1.97. The van der Waals surface area contributed by atoms with E-state index in [0.29, 0.717) is 10.6 Å². The van der Waals surface area contributed by atoms with Crippen LogP contribution in [0.2, 0.25) is 0 Å². The highest BCUT2D eigenvalue weighted by Crippen LogP contribution is 2.24. The van der Waals surface area contributed by atoms with E-state index in [1.54, 1.807) is 29.6 Å². The van der Waals surface area contributed by atoms with E-state index in [4.69, 9.17) is 5.26 Å². The van der Waals surface area contributed by atoms with Crippen molar-refractivity contribution in [1.82, 2.24) is 0 Å². The van der Waals surface area contributed by atoms with E-state index in [2.05, 4.69) is 5.32 Å². The zero-order chi connectivity index (χ0) is 13.7. The van der Waals surface area contributed by atoms with Crippen LogP contribution < -0.4 is 5.32 Å². The largest absolute Gasteiger partial charge is 0.508 e. The summed E-state index contributed by atoms with van der Waals surface area (Å²) in [6.07, 6.45) is 0. The summed E-state index contributed by atoms with van der Waals surface area (Å²) in [6.45, 7) is 0. The van der Waals surface area contributed by atoms with Crippen molar-refractivity contribution in [3.63, 3.8) is 0 Å². The molecule has 2 rings (SSSR count). The topological polar surface area (TPSA) is 73.1 Å². The summed E-state index contributed by atoms with van der Waals surface area (Å²) in [5, 5.41) is 23.2. The Balaban J connectivity index is 1.91. The third-order valence-corrected chi connectivity index (χ3v) is 4.05. The first-order chi connectivity index (χ1) is 9.19. The zero-order valence-electron chi connectivity index (χ0n) is 9.79. The average Bonchev–Trinajstić information content (AvgIpc) is 2.84. The Kier molecular flexibility index (Phi) is 4.44. The van der Waals surface area contributed by atoms with Crippen molar-refractivity contribution in [2.75, 3.05) is 11.1 Å². The van der Waals surface area contributed by atoms with Gasteiger partial charge in [-0.15, -0.1) is 23.1 Å². The van der Waals surface area contributed by atoms with Crippen LogP contribution >= 0.6 is 23.1 Å². The van der Waals surface area contributed by atoms with Gasteiger partial charge in [0, 0.05) is 4.90 Å². The highest BCUT2D eigenvalue weighted by atomic mass is 32.2. The highest BCUT2D eigenvalue weighted by molar-refractivity contribution is 8.00. The predicted octanol–water partition coefficient (Wildman–Crippen LogP) is 3.06. The van der Waals surface area contributed by atoms with Crippen LogP contribution in [0, 0.1) is 11.3 Å². The normalized spacial score (nSPS) is 9.84. The molecule has 19 heavy (non-hydrogen) atoms. The number of carbonyl (C=O) groups is 1. The van der Waals surface area contributed by atoms with Crippen LogP contribution in [0.5, 0.6) is 5.75 Å². The van der Waals surface area contributed by atoms with Gasteiger partial charge in [0.05, 0.1) is 11.3 Å². The first-order valence-electron chi connectivity index (χ1n) is 5.38. The zero-order valence-corrected chi connectivity index (χ0v) is 11.4. The van der Waals surface area contributed by atoms with Gasteiger partial charge in [-0.25, -0.2) is 0 Å². The summed E-state index contributed by atoms with van der Waals surface area (Å²) in [4.78, 5) is 12.6. The maximum Gasteiger partial charge on any atom is 0.235 e. The quantitative estimate of drug-likeness (QED) is 0.849. The molecule has 96 valence electrons. The fourth-order valence-electron chi connectivity index (χ4n) is 1.38. The first-order valence-corrected chi connectivity index (χ1v) is 7.25. The molecule has 0 radical (unpaired) electrons. The molecule has 0 aliphatic rings. The number of phenolic OH excluding ortho intramolecular Hbond substituents is 1. The number of rotatable bonds is 4. The second kappa shape index (κ2) is 6.27. The molecule has 0 aliphatic carbocycles. The molecule has 0 saturated carbocycles. The van der Waals surface area contributed by atoms with Gasteiger partial charge in [0.15, 0.2) is 0 Å². The van der Waals surface area contributed by atoms with Gasteiger partial charge in [0.2, 0.25) is 5.91 Å². The van der Waals surface area contributed by atoms with Crippen LogP contribution in [0.4, 0.5) is 5.00 Å². The number of thioether (sulfide) groups is 1. The minimum atomic E-state index is -0.174. The number of aromatic hydroxyl groups is 1. The van der Waals surface area contributed by atoms with Gasteiger partial charge in [-0.1, -0.05) is 6.07 Å². The van der Waals surface area contributed by atoms with Crippen LogP contribution in [0.15, 0.2) is 40.6 Å². The van der Waals surface area contributed by atoms with E-state index in [9.17, 15) is 9.90 Å². The Morgan fingerprint density at radius 3 is 3.05 bits per heavy atom. The molecule has 0 atom stereocenters. The van der Waals surface area contributed by atoms with Crippen molar-refractivity contribution in [2.24, 2.45) is 0 Å². The Morgan fingerprint density at radius 1 is 1.47 bits per heavy atom. The molecule has 2 aromatic rings. The summed E-state index contributed by atoms with van der Waals surface area (Å²) in [5.74, 6) is 0.231. The molecule has 1 aromatic heterocycles. The maximum absolute atomic E-state index is 11.7. The van der Waals surface area contributed by atoms with Gasteiger partial charge in [-0.3, -0.25) is 4.79 Å². The number of phenols is 1. The number of thiophene rings is 1. The molecule has 0 spiro atoms. The number of benzene rings is 1. The summed E-state index contributed by atoms with van der Waals surface area (Å²) in [5.41, 5.74) is 0.473. The number of carbonyl (C=O) groups excluding carboxylic acids is 1. The third kappa shape index (κ3) is 3.74. The second-order valence-electron chi connectivity index (χ2n) is 3.61. The van der Waals surface area contributed by atoms with Crippen molar-refractivity contribution in [2.45, 2.75) is 4.90 Å². The van der Waals surface area contributed by atoms with Crippen LogP contribution in [0.3, 0.4) is 0 Å². The fourth-order valence-corrected chi connectivity index (χ4v) is 2.88. The standard InChI is InChI=1S/C13H10N2O2S2/c14-7-9-4-5-18-13(9)15-12(17)8-19-11-3-1-2-10(16)6-11/h1-6,16H,8H2,(H,15,17). The van der Waals surface area contributed by atoms with E-state index < -0.39 is 0 Å². The Morgan fingerprint density at radius 2 is 2.32 bits per heavy atom. The molecule has 1 aromatic carbocycles. The molecule has 1 amide bonds. The average molecular weight is 290 g/mol. The number of hydrogen-bond donors (Lipinski definition) is 2. The predicted molar refractivity (Wildman–Crippen MR) is 76.5 cm³/mol. The van der Waals surface area contributed by atoms with E-state index in [-0.39, 0.29) is 17.4 Å². The lowest BCUT2D eigenvalue weighted by molar-refractivity contribution is -0.113. The summed E-state index contributed by atoms with van der Waals surface area (Å²) < 4.78 is 0. The van der Waals surface area contributed by atoms with E-state index in [1.807, 2.05) is 12.1 Å². The minimum Gasteiger partial charge on any atom is -0.508 e. The number of nitrogens with one attached hydrogen (secondary N) is 1. The van der Waals surface area contributed by atoms with Crippen LogP contribution in [0.1, 0.15) is 5.56 Å². The summed E-state index contributed by atoms with van der Waals surface area (Å²) in [7, 11) is 0. The van der Waals surface area contributed by atoms with Crippen molar-refractivity contribution in [3.8, 4) is 11.8 Å². The highest BCUT2D eigenvalue weighted by Gasteiger charge is 2.08. The number of nitrogens with zero attached hydrogens (tertiary/aromatic N) is 1. The Labute approximate surface area is 118 Å². The van der Waals surface area contributed by atoms with Gasteiger partial charge < -0.3 is 10.4 Å². The molecular weight excluding hydrogens is 280 g/mol. The molecule has 6 heteroatoms. The van der Waals surface area contributed by atoms with Crippen molar-refractivity contribution >= 4 is 34.0 Å². The van der Waals surface area contributed by atoms with Crippen molar-refractivity contribution in [3.05, 3.63) is 41.3 Å². The van der Waals surface area contributed by atoms with Crippen LogP contribution in [-0.2, 0) is 4.79 Å². The molecule has 1 heterocycles. The fraction of sp³-hybridized carbons (Fsp3) is 0.0769. The van der Waals surface area contributed by atoms with Crippen LogP contribution in [-0.4, -0.2) is 16.8 Å². The van der Waals surface area contributed by atoms with Gasteiger partial charge in [-0.05, 0) is 29.6 Å². The monoisotopic (exact) mass is 290 g/mol. The molecule has 4 nitrogen and oxygen atoms in total. The van der Waals surface area contributed by atoms with Gasteiger partial charge in [0.1, 0.15) is 16.8 Å². The molecule has 0 bridgehead atoms. The molecule has 0 fully saturated rings. The lowest BCUT2D eigenvalue weighted by atomic mass is 10.3. The van der Waals surface area contributed by atoms with Crippen molar-refractivity contribution in [1.29, 1.82) is 5.26 Å². The van der Waals surface area contributed by atoms with Gasteiger partial charge in [-0.2, -0.15) is 5.26 Å². The van der Waals surface area contributed by atoms with Crippen molar-refractivity contribution < 1.29 is 9.90 Å². The van der Waals surface area contributed by atoms with E-state index in [0.717, 1.165) is 4.90 Å². The molecule has 2 N–H and O–H groups in total. The first kappa shape index (κ1) is 13.5. The molecule has 0 unspecified atom stereocenters. The van der Waals surface area contributed by atoms with Gasteiger partial charge >= 0.3 is 0 Å². The Bertz CT molecular complexity index is 632. The SMILES string of the molecule is N#Cc1ccsc1NC(=O)CSc1cccc(O)c1. The van der Waals surface area contributed by atoms with Crippen LogP contribution in [0.25, 0.3) is 0 Å². The summed E-state index contributed by atoms with van der Waals surface area (Å²) >= 11 is 2.65. The summed E-state index contributed by atoms with van der Waals surface area (Å²) in [6, 6.07) is 10.4. The second-order valence-corrected chi connectivity index (χ2v) is 5.57. The smallest absolute Gasteiger partial charge is 0.235 e. The molecule has 0 aliphatic heterocycles. The number of amides is 1. The molecule has 0 saturated heterocycles. The van der Waals surface area contributed by atoms with Gasteiger partial charge in [0.25, 0.3) is 0 Å². The van der Waals surface area contributed by atoms with E-state index >= 15 is 0 Å². The lowest BCUT2D eigenvalue weighted by Crippen LogP contribution is -2.13. The number of anilines is 1.